The maximum atomic E-state index is 11.3. The minimum absolute atomic E-state index is 0.0624. The van der Waals surface area contributed by atoms with E-state index in [9.17, 15) is 9.59 Å². The highest BCUT2D eigenvalue weighted by atomic mass is 16.5. The summed E-state index contributed by atoms with van der Waals surface area (Å²) in [4.78, 5) is 30.6. The molecule has 1 atom stereocenters. The van der Waals surface area contributed by atoms with Gasteiger partial charge in [-0.05, 0) is 26.7 Å². The second-order valence-electron chi connectivity index (χ2n) is 4.89. The lowest BCUT2D eigenvalue weighted by Gasteiger charge is -2.13. The van der Waals surface area contributed by atoms with Crippen LogP contribution in [0.4, 0.5) is 5.95 Å². The minimum atomic E-state index is -1.03. The first-order valence-electron chi connectivity index (χ1n) is 6.83. The van der Waals surface area contributed by atoms with Crippen LogP contribution in [0.1, 0.15) is 42.0 Å². The lowest BCUT2D eigenvalue weighted by atomic mass is 10.1. The summed E-state index contributed by atoms with van der Waals surface area (Å²) in [6, 6.07) is 0. The number of hydrogen-bond donors (Lipinski definition) is 2. The largest absolute Gasteiger partial charge is 0.478 e. The van der Waals surface area contributed by atoms with Crippen LogP contribution >= 0.6 is 0 Å². The number of carbonyl (C=O) groups is 2. The Hall–Kier alpha value is -2.18. The first-order chi connectivity index (χ1) is 9.85. The fourth-order valence-corrected chi connectivity index (χ4v) is 1.95. The van der Waals surface area contributed by atoms with Crippen LogP contribution in [-0.4, -0.2) is 40.2 Å². The Labute approximate surface area is 123 Å². The van der Waals surface area contributed by atoms with Crippen molar-refractivity contribution in [2.75, 3.05) is 18.5 Å². The van der Waals surface area contributed by atoms with Crippen molar-refractivity contribution in [3.63, 3.8) is 0 Å². The highest BCUT2D eigenvalue weighted by molar-refractivity contribution is 5.90. The fourth-order valence-electron chi connectivity index (χ4n) is 1.95. The molecule has 1 aromatic rings. The van der Waals surface area contributed by atoms with E-state index in [1.165, 1.54) is 0 Å². The standard InChI is InChI=1S/C14H21N3O4/c1-5-21-11(18)6-8(2)7-15-14-16-9(3)12(13(19)20)10(4)17-14/h8H,5-7H2,1-4H3,(H,19,20)(H,15,16,17)/t8-/m1/s1. The van der Waals surface area contributed by atoms with E-state index in [4.69, 9.17) is 9.84 Å². The van der Waals surface area contributed by atoms with Crippen molar-refractivity contribution >= 4 is 17.9 Å². The average Bonchev–Trinajstić information content (AvgIpc) is 2.35. The molecule has 0 saturated heterocycles. The van der Waals surface area contributed by atoms with E-state index >= 15 is 0 Å². The predicted octanol–water partition coefficient (Wildman–Crippen LogP) is 1.79. The molecule has 116 valence electrons. The van der Waals surface area contributed by atoms with Gasteiger partial charge in [-0.15, -0.1) is 0 Å². The number of aromatic nitrogens is 2. The molecule has 1 heterocycles. The number of nitrogens with one attached hydrogen (secondary N) is 1. The van der Waals surface area contributed by atoms with Crippen molar-refractivity contribution in [1.29, 1.82) is 0 Å². The van der Waals surface area contributed by atoms with Gasteiger partial charge in [0.05, 0.1) is 18.0 Å². The Morgan fingerprint density at radius 1 is 1.29 bits per heavy atom. The van der Waals surface area contributed by atoms with Gasteiger partial charge in [0.1, 0.15) is 5.56 Å². The van der Waals surface area contributed by atoms with Crippen LogP contribution in [0.25, 0.3) is 0 Å². The van der Waals surface area contributed by atoms with Crippen molar-refractivity contribution in [2.45, 2.75) is 34.1 Å². The van der Waals surface area contributed by atoms with Gasteiger partial charge in [-0.2, -0.15) is 0 Å². The van der Waals surface area contributed by atoms with E-state index in [0.717, 1.165) is 0 Å². The molecule has 1 aromatic heterocycles. The molecule has 0 aromatic carbocycles. The number of aromatic carboxylic acids is 1. The molecule has 0 amide bonds. The van der Waals surface area contributed by atoms with Crippen LogP contribution in [0.5, 0.6) is 0 Å². The number of anilines is 1. The van der Waals surface area contributed by atoms with Gasteiger partial charge in [0.15, 0.2) is 0 Å². The number of esters is 1. The molecular weight excluding hydrogens is 274 g/mol. The zero-order valence-corrected chi connectivity index (χ0v) is 12.8. The first-order valence-corrected chi connectivity index (χ1v) is 6.83. The van der Waals surface area contributed by atoms with Crippen molar-refractivity contribution in [3.8, 4) is 0 Å². The Morgan fingerprint density at radius 2 is 1.86 bits per heavy atom. The van der Waals surface area contributed by atoms with Crippen LogP contribution in [0.3, 0.4) is 0 Å². The molecule has 2 N–H and O–H groups in total. The minimum Gasteiger partial charge on any atom is -0.478 e. The Morgan fingerprint density at radius 3 is 2.33 bits per heavy atom. The lowest BCUT2D eigenvalue weighted by molar-refractivity contribution is -0.143. The normalized spacial score (nSPS) is 11.8. The zero-order valence-electron chi connectivity index (χ0n) is 12.8. The topological polar surface area (TPSA) is 101 Å². The maximum absolute atomic E-state index is 11.3. The molecular formula is C14H21N3O4. The second kappa shape index (κ2) is 7.56. The predicted molar refractivity (Wildman–Crippen MR) is 77.4 cm³/mol. The summed E-state index contributed by atoms with van der Waals surface area (Å²) in [5.41, 5.74) is 0.950. The molecule has 0 aliphatic rings. The van der Waals surface area contributed by atoms with Gasteiger partial charge in [-0.3, -0.25) is 4.79 Å². The number of hydrogen-bond acceptors (Lipinski definition) is 6. The smallest absolute Gasteiger partial charge is 0.339 e. The summed E-state index contributed by atoms with van der Waals surface area (Å²) in [7, 11) is 0. The van der Waals surface area contributed by atoms with Crippen LogP contribution in [0.15, 0.2) is 0 Å². The summed E-state index contributed by atoms with van der Waals surface area (Å²) >= 11 is 0. The van der Waals surface area contributed by atoms with Gasteiger partial charge < -0.3 is 15.2 Å². The van der Waals surface area contributed by atoms with Crippen LogP contribution in [0, 0.1) is 19.8 Å². The molecule has 0 radical (unpaired) electrons. The molecule has 0 spiro atoms. The lowest BCUT2D eigenvalue weighted by Crippen LogP contribution is -2.19. The van der Waals surface area contributed by atoms with Gasteiger partial charge in [0, 0.05) is 13.0 Å². The molecule has 0 aliphatic carbocycles. The Bertz CT molecular complexity index is 508. The third kappa shape index (κ3) is 5.02. The van der Waals surface area contributed by atoms with E-state index in [2.05, 4.69) is 15.3 Å². The van der Waals surface area contributed by atoms with Gasteiger partial charge in [-0.1, -0.05) is 6.92 Å². The molecule has 21 heavy (non-hydrogen) atoms. The number of nitrogens with zero attached hydrogens (tertiary/aromatic N) is 2. The van der Waals surface area contributed by atoms with Crippen molar-refractivity contribution in [2.24, 2.45) is 5.92 Å². The van der Waals surface area contributed by atoms with E-state index in [0.29, 0.717) is 36.9 Å². The molecule has 0 saturated carbocycles. The molecule has 7 nitrogen and oxygen atoms in total. The molecule has 0 unspecified atom stereocenters. The third-order valence-electron chi connectivity index (χ3n) is 2.91. The molecule has 0 bridgehead atoms. The number of carboxylic acid groups (broad SMARTS) is 1. The zero-order chi connectivity index (χ0) is 16.0. The van der Waals surface area contributed by atoms with Gasteiger partial charge >= 0.3 is 11.9 Å². The van der Waals surface area contributed by atoms with Gasteiger partial charge in [0.25, 0.3) is 0 Å². The summed E-state index contributed by atoms with van der Waals surface area (Å²) in [5.74, 6) is -0.841. The molecule has 7 heteroatoms. The van der Waals surface area contributed by atoms with Crippen LogP contribution in [0.2, 0.25) is 0 Å². The molecule has 0 fully saturated rings. The van der Waals surface area contributed by atoms with Crippen LogP contribution in [-0.2, 0) is 9.53 Å². The average molecular weight is 295 g/mol. The van der Waals surface area contributed by atoms with E-state index in [-0.39, 0.29) is 17.5 Å². The Kier molecular flexibility index (Phi) is 6.08. The van der Waals surface area contributed by atoms with Gasteiger partial charge in [-0.25, -0.2) is 14.8 Å². The van der Waals surface area contributed by atoms with E-state index in [1.54, 1.807) is 20.8 Å². The highest BCUT2D eigenvalue weighted by Gasteiger charge is 2.15. The third-order valence-corrected chi connectivity index (χ3v) is 2.91. The SMILES string of the molecule is CCOC(=O)C[C@@H](C)CNc1nc(C)c(C(=O)O)c(C)n1. The van der Waals surface area contributed by atoms with Crippen molar-refractivity contribution in [3.05, 3.63) is 17.0 Å². The van der Waals surface area contributed by atoms with Gasteiger partial charge in [0.2, 0.25) is 5.95 Å². The summed E-state index contributed by atoms with van der Waals surface area (Å²) in [6.45, 7) is 7.82. The summed E-state index contributed by atoms with van der Waals surface area (Å²) in [6.07, 6.45) is 0.312. The highest BCUT2D eigenvalue weighted by Crippen LogP contribution is 2.13. The second-order valence-corrected chi connectivity index (χ2v) is 4.89. The number of rotatable bonds is 7. The maximum Gasteiger partial charge on any atom is 0.339 e. The molecule has 1 rings (SSSR count). The van der Waals surface area contributed by atoms with Crippen molar-refractivity contribution in [1.82, 2.24) is 9.97 Å². The van der Waals surface area contributed by atoms with Crippen LogP contribution < -0.4 is 5.32 Å². The number of carboxylic acids is 1. The number of carbonyl (C=O) groups excluding carboxylic acids is 1. The van der Waals surface area contributed by atoms with E-state index in [1.807, 2.05) is 6.92 Å². The summed E-state index contributed by atoms with van der Waals surface area (Å²) < 4.78 is 4.88. The van der Waals surface area contributed by atoms with E-state index < -0.39 is 5.97 Å². The quantitative estimate of drug-likeness (QED) is 0.739. The fraction of sp³-hybridized carbons (Fsp3) is 0.571. The number of aryl methyl sites for hydroxylation is 2. The number of ether oxygens (including phenoxy) is 1. The Balaban J connectivity index is 2.64. The van der Waals surface area contributed by atoms with Crippen molar-refractivity contribution < 1.29 is 19.4 Å². The monoisotopic (exact) mass is 295 g/mol. The first kappa shape index (κ1) is 16.9. The molecule has 0 aliphatic heterocycles. The summed E-state index contributed by atoms with van der Waals surface area (Å²) in [5, 5.41) is 12.1.